The van der Waals surface area contributed by atoms with Crippen LogP contribution in [0.3, 0.4) is 0 Å². The molecular formula is C11H9F3N2O2S2. The summed E-state index contributed by atoms with van der Waals surface area (Å²) >= 11 is 0.965. The van der Waals surface area contributed by atoms with Gasteiger partial charge in [-0.15, -0.1) is 11.3 Å². The Bertz CT molecular complexity index is 710. The predicted molar refractivity (Wildman–Crippen MR) is 71.0 cm³/mol. The number of nitrogens with one attached hydrogen (secondary N) is 1. The van der Waals surface area contributed by atoms with Crippen LogP contribution in [0.4, 0.5) is 24.5 Å². The van der Waals surface area contributed by atoms with Gasteiger partial charge in [0.15, 0.2) is 0 Å². The van der Waals surface area contributed by atoms with Gasteiger partial charge in [-0.05, 0) is 29.6 Å². The van der Waals surface area contributed by atoms with Crippen molar-refractivity contribution >= 4 is 32.7 Å². The molecule has 3 N–H and O–H groups in total. The van der Waals surface area contributed by atoms with E-state index >= 15 is 0 Å². The Morgan fingerprint density at radius 1 is 1.20 bits per heavy atom. The summed E-state index contributed by atoms with van der Waals surface area (Å²) in [7, 11) is -3.88. The van der Waals surface area contributed by atoms with Gasteiger partial charge in [-0.25, -0.2) is 8.42 Å². The molecule has 1 heterocycles. The number of hydrogen-bond acceptors (Lipinski definition) is 4. The molecule has 108 valence electrons. The zero-order valence-electron chi connectivity index (χ0n) is 9.81. The van der Waals surface area contributed by atoms with Crippen LogP contribution in [-0.4, -0.2) is 8.42 Å². The maximum absolute atomic E-state index is 12.7. The van der Waals surface area contributed by atoms with Crippen LogP contribution >= 0.6 is 11.3 Å². The summed E-state index contributed by atoms with van der Waals surface area (Å²) in [5, 5.41) is 1.55. The van der Waals surface area contributed by atoms with Gasteiger partial charge in [0.2, 0.25) is 0 Å². The Morgan fingerprint density at radius 3 is 2.45 bits per heavy atom. The first-order chi connectivity index (χ1) is 9.20. The second kappa shape index (κ2) is 4.98. The van der Waals surface area contributed by atoms with Crippen LogP contribution in [0.25, 0.3) is 0 Å². The van der Waals surface area contributed by atoms with Gasteiger partial charge in [-0.1, -0.05) is 6.07 Å². The molecular weight excluding hydrogens is 313 g/mol. The normalized spacial score (nSPS) is 12.3. The maximum atomic E-state index is 12.7. The lowest BCUT2D eigenvalue weighted by Crippen LogP contribution is -2.14. The molecule has 2 aromatic rings. The van der Waals surface area contributed by atoms with Gasteiger partial charge in [0.05, 0.1) is 5.56 Å². The lowest BCUT2D eigenvalue weighted by Gasteiger charge is -2.12. The van der Waals surface area contributed by atoms with Crippen LogP contribution < -0.4 is 10.5 Å². The number of halogens is 3. The molecule has 0 saturated carbocycles. The Kier molecular flexibility index (Phi) is 3.65. The lowest BCUT2D eigenvalue weighted by molar-refractivity contribution is -0.136. The van der Waals surface area contributed by atoms with E-state index in [2.05, 4.69) is 4.72 Å². The topological polar surface area (TPSA) is 72.2 Å². The van der Waals surface area contributed by atoms with Gasteiger partial charge < -0.3 is 5.73 Å². The summed E-state index contributed by atoms with van der Waals surface area (Å²) in [6, 6.07) is 5.74. The number of thiophene rings is 1. The summed E-state index contributed by atoms with van der Waals surface area (Å²) < 4.78 is 63.9. The van der Waals surface area contributed by atoms with E-state index in [0.717, 1.165) is 17.4 Å². The highest BCUT2D eigenvalue weighted by Gasteiger charge is 2.33. The smallest absolute Gasteiger partial charge is 0.398 e. The minimum Gasteiger partial charge on any atom is -0.398 e. The van der Waals surface area contributed by atoms with Crippen molar-refractivity contribution in [2.24, 2.45) is 0 Å². The summed E-state index contributed by atoms with van der Waals surface area (Å²) in [6.45, 7) is 0. The molecule has 0 bridgehead atoms. The molecule has 9 heteroatoms. The maximum Gasteiger partial charge on any atom is 0.418 e. The Hall–Kier alpha value is -1.74. The third kappa shape index (κ3) is 3.05. The van der Waals surface area contributed by atoms with E-state index in [0.29, 0.717) is 6.07 Å². The van der Waals surface area contributed by atoms with E-state index in [9.17, 15) is 21.6 Å². The Morgan fingerprint density at radius 2 is 1.90 bits per heavy atom. The molecule has 0 unspecified atom stereocenters. The largest absolute Gasteiger partial charge is 0.418 e. The average Bonchev–Trinajstić information content (AvgIpc) is 2.84. The number of nitrogens with two attached hydrogens (primary N) is 1. The average molecular weight is 322 g/mol. The molecule has 1 aromatic carbocycles. The molecule has 2 rings (SSSR count). The molecule has 1 aromatic heterocycles. The molecule has 20 heavy (non-hydrogen) atoms. The summed E-state index contributed by atoms with van der Waals surface area (Å²) in [5.41, 5.74) is 3.50. The zero-order valence-corrected chi connectivity index (χ0v) is 11.4. The third-order valence-electron chi connectivity index (χ3n) is 2.37. The standard InChI is InChI=1S/C11H9F3N2O2S2/c12-11(13,14)8-6-7(3-4-9(8)15)16-20(17,18)10-2-1-5-19-10/h1-6,16H,15H2. The van der Waals surface area contributed by atoms with Crippen LogP contribution in [0.15, 0.2) is 39.9 Å². The molecule has 0 aliphatic heterocycles. The molecule has 0 saturated heterocycles. The SMILES string of the molecule is Nc1ccc(NS(=O)(=O)c2cccs2)cc1C(F)(F)F. The quantitative estimate of drug-likeness (QED) is 0.853. The van der Waals surface area contributed by atoms with Crippen molar-refractivity contribution in [1.82, 2.24) is 0 Å². The van der Waals surface area contributed by atoms with Gasteiger partial charge >= 0.3 is 6.18 Å². The Labute approximate surface area is 117 Å². The fraction of sp³-hybridized carbons (Fsp3) is 0.0909. The number of sulfonamides is 1. The fourth-order valence-electron chi connectivity index (χ4n) is 1.49. The molecule has 0 fully saturated rings. The van der Waals surface area contributed by atoms with Crippen LogP contribution in [0.5, 0.6) is 0 Å². The number of hydrogen-bond donors (Lipinski definition) is 2. The van der Waals surface area contributed by atoms with Gasteiger partial charge in [-0.2, -0.15) is 13.2 Å². The number of nitrogen functional groups attached to an aromatic ring is 1. The van der Waals surface area contributed by atoms with Crippen LogP contribution in [0.2, 0.25) is 0 Å². The molecule has 4 nitrogen and oxygen atoms in total. The number of rotatable bonds is 3. The van der Waals surface area contributed by atoms with Crippen molar-refractivity contribution in [1.29, 1.82) is 0 Å². The first kappa shape index (κ1) is 14.7. The van der Waals surface area contributed by atoms with Crippen molar-refractivity contribution in [2.45, 2.75) is 10.4 Å². The van der Waals surface area contributed by atoms with E-state index in [1.54, 1.807) is 5.38 Å². The molecule has 0 spiro atoms. The summed E-state index contributed by atoms with van der Waals surface area (Å²) in [6.07, 6.45) is -4.64. The lowest BCUT2D eigenvalue weighted by atomic mass is 10.1. The van der Waals surface area contributed by atoms with Crippen molar-refractivity contribution in [2.75, 3.05) is 10.5 Å². The molecule has 0 aliphatic carbocycles. The van der Waals surface area contributed by atoms with Gasteiger partial charge in [-0.3, -0.25) is 4.72 Å². The van der Waals surface area contributed by atoms with Crippen molar-refractivity contribution in [3.05, 3.63) is 41.3 Å². The minimum atomic E-state index is -4.64. The highest BCUT2D eigenvalue weighted by molar-refractivity contribution is 7.94. The number of alkyl halides is 3. The van der Waals surface area contributed by atoms with Crippen molar-refractivity contribution < 1.29 is 21.6 Å². The van der Waals surface area contributed by atoms with E-state index in [-0.39, 0.29) is 9.90 Å². The first-order valence-corrected chi connectivity index (χ1v) is 7.59. The molecule has 0 radical (unpaired) electrons. The van der Waals surface area contributed by atoms with Gasteiger partial charge in [0, 0.05) is 11.4 Å². The fourth-order valence-corrected chi connectivity index (χ4v) is 3.53. The highest BCUT2D eigenvalue weighted by Crippen LogP contribution is 2.35. The van der Waals surface area contributed by atoms with Crippen LogP contribution in [0, 0.1) is 0 Å². The molecule has 0 amide bonds. The van der Waals surface area contributed by atoms with Gasteiger partial charge in [0.1, 0.15) is 4.21 Å². The Balaban J connectivity index is 2.36. The summed E-state index contributed by atoms with van der Waals surface area (Å²) in [5.74, 6) is 0. The second-order valence-electron chi connectivity index (χ2n) is 3.84. The number of anilines is 2. The zero-order chi connectivity index (χ0) is 15.0. The van der Waals surface area contributed by atoms with E-state index in [4.69, 9.17) is 5.73 Å². The van der Waals surface area contributed by atoms with Gasteiger partial charge in [0.25, 0.3) is 10.0 Å². The minimum absolute atomic E-state index is 0.0166. The van der Waals surface area contributed by atoms with E-state index in [1.165, 1.54) is 18.2 Å². The third-order valence-corrected chi connectivity index (χ3v) is 5.15. The number of benzene rings is 1. The first-order valence-electron chi connectivity index (χ1n) is 5.23. The molecule has 0 atom stereocenters. The molecule has 0 aliphatic rings. The monoisotopic (exact) mass is 322 g/mol. The van der Waals surface area contributed by atoms with Crippen molar-refractivity contribution in [3.8, 4) is 0 Å². The predicted octanol–water partition coefficient (Wildman–Crippen LogP) is 3.15. The van der Waals surface area contributed by atoms with Crippen LogP contribution in [-0.2, 0) is 16.2 Å². The van der Waals surface area contributed by atoms with Crippen molar-refractivity contribution in [3.63, 3.8) is 0 Å². The van der Waals surface area contributed by atoms with Crippen LogP contribution in [0.1, 0.15) is 5.56 Å². The van der Waals surface area contributed by atoms with E-state index < -0.39 is 27.5 Å². The second-order valence-corrected chi connectivity index (χ2v) is 6.69. The highest BCUT2D eigenvalue weighted by atomic mass is 32.2. The summed E-state index contributed by atoms with van der Waals surface area (Å²) in [4.78, 5) is 0. The van der Waals surface area contributed by atoms with E-state index in [1.807, 2.05) is 0 Å².